The molecule has 1 aliphatic heterocycles. The van der Waals surface area contributed by atoms with Gasteiger partial charge in [-0.3, -0.25) is 4.79 Å². The van der Waals surface area contributed by atoms with Crippen LogP contribution in [0.5, 0.6) is 0 Å². The van der Waals surface area contributed by atoms with Gasteiger partial charge in [-0.05, 0) is 24.6 Å². The van der Waals surface area contributed by atoms with E-state index in [0.29, 0.717) is 11.3 Å². The van der Waals surface area contributed by atoms with E-state index < -0.39 is 23.6 Å². The van der Waals surface area contributed by atoms with Crippen molar-refractivity contribution < 1.29 is 27.5 Å². The highest BCUT2D eigenvalue weighted by molar-refractivity contribution is 5.95. The third kappa shape index (κ3) is 3.23. The molecule has 1 amide bonds. The molecule has 0 aliphatic carbocycles. The molecule has 0 bridgehead atoms. The first-order valence-electron chi connectivity index (χ1n) is 6.89. The number of hydrogen-bond donors (Lipinski definition) is 0. The Morgan fingerprint density at radius 2 is 1.83 bits per heavy atom. The Kier molecular flexibility index (Phi) is 4.49. The second-order valence-electron chi connectivity index (χ2n) is 5.32. The van der Waals surface area contributed by atoms with Gasteiger partial charge < -0.3 is 9.64 Å². The number of hydrogen-bond acceptors (Lipinski definition) is 3. The molecule has 0 saturated carbocycles. The second kappa shape index (κ2) is 6.06. The zero-order valence-electron chi connectivity index (χ0n) is 12.9. The van der Waals surface area contributed by atoms with E-state index in [-0.39, 0.29) is 17.9 Å². The molecule has 2 rings (SSSR count). The quantitative estimate of drug-likeness (QED) is 0.784. The molecule has 1 aromatic rings. The van der Waals surface area contributed by atoms with Crippen molar-refractivity contribution in [3.8, 4) is 0 Å². The molecule has 1 aliphatic rings. The molecule has 0 radical (unpaired) electrons. The predicted octanol–water partition coefficient (Wildman–Crippen LogP) is 3.10. The summed E-state index contributed by atoms with van der Waals surface area (Å²) in [6, 6.07) is 4.48. The highest BCUT2D eigenvalue weighted by Crippen LogP contribution is 2.37. The molecule has 1 unspecified atom stereocenters. The molecule has 1 heterocycles. The minimum absolute atomic E-state index is 0.00361. The van der Waals surface area contributed by atoms with Crippen molar-refractivity contribution in [3.63, 3.8) is 0 Å². The molecule has 7 heteroatoms. The van der Waals surface area contributed by atoms with Crippen molar-refractivity contribution >= 4 is 11.9 Å². The summed E-state index contributed by atoms with van der Waals surface area (Å²) in [7, 11) is 2.77. The third-order valence-corrected chi connectivity index (χ3v) is 4.04. The van der Waals surface area contributed by atoms with Crippen LogP contribution >= 0.6 is 0 Å². The summed E-state index contributed by atoms with van der Waals surface area (Å²) < 4.78 is 42.7. The molecular formula is C16H16F3NO3. The van der Waals surface area contributed by atoms with Gasteiger partial charge in [-0.1, -0.05) is 12.1 Å². The van der Waals surface area contributed by atoms with Crippen LogP contribution in [0.25, 0.3) is 0 Å². The Hall–Kier alpha value is -2.31. The lowest BCUT2D eigenvalue weighted by atomic mass is 9.83. The van der Waals surface area contributed by atoms with Crippen LogP contribution in [0.2, 0.25) is 0 Å². The Morgan fingerprint density at radius 1 is 1.26 bits per heavy atom. The Labute approximate surface area is 131 Å². The van der Waals surface area contributed by atoms with Gasteiger partial charge in [-0.2, -0.15) is 13.2 Å². The lowest BCUT2D eigenvalue weighted by molar-refractivity contribution is -0.138. The third-order valence-electron chi connectivity index (χ3n) is 4.04. The maximum atomic E-state index is 12.7. The number of methoxy groups -OCH3 is 1. The highest BCUT2D eigenvalue weighted by atomic mass is 19.4. The van der Waals surface area contributed by atoms with Crippen LogP contribution in [0.3, 0.4) is 0 Å². The molecule has 0 aromatic heterocycles. The van der Waals surface area contributed by atoms with Crippen LogP contribution in [0.15, 0.2) is 35.5 Å². The number of alkyl halides is 3. The Bertz CT molecular complexity index is 662. The number of rotatable bonds is 2. The number of carbonyl (C=O) groups is 2. The van der Waals surface area contributed by atoms with E-state index in [1.165, 1.54) is 24.1 Å². The zero-order valence-corrected chi connectivity index (χ0v) is 12.9. The molecular weight excluding hydrogens is 311 g/mol. The molecule has 23 heavy (non-hydrogen) atoms. The van der Waals surface area contributed by atoms with Gasteiger partial charge >= 0.3 is 12.1 Å². The van der Waals surface area contributed by atoms with E-state index in [4.69, 9.17) is 4.74 Å². The number of ether oxygens (including phenoxy) is 1. The van der Waals surface area contributed by atoms with Crippen LogP contribution in [-0.2, 0) is 20.5 Å². The summed E-state index contributed by atoms with van der Waals surface area (Å²) in [6.45, 7) is 1.61. The van der Waals surface area contributed by atoms with Gasteiger partial charge in [0.15, 0.2) is 0 Å². The number of carbonyl (C=O) groups excluding carboxylic acids is 2. The van der Waals surface area contributed by atoms with Gasteiger partial charge in [0.25, 0.3) is 0 Å². The lowest BCUT2D eigenvalue weighted by Crippen LogP contribution is -2.35. The van der Waals surface area contributed by atoms with Gasteiger partial charge in [0.2, 0.25) is 5.91 Å². The van der Waals surface area contributed by atoms with E-state index in [0.717, 1.165) is 12.1 Å². The van der Waals surface area contributed by atoms with Crippen molar-refractivity contribution in [2.75, 3.05) is 14.2 Å². The van der Waals surface area contributed by atoms with Gasteiger partial charge in [-0.25, -0.2) is 4.79 Å². The first-order valence-corrected chi connectivity index (χ1v) is 6.89. The average Bonchev–Trinajstić information content (AvgIpc) is 2.51. The minimum atomic E-state index is -4.43. The number of esters is 1. The lowest BCUT2D eigenvalue weighted by Gasteiger charge is -2.32. The Morgan fingerprint density at radius 3 is 2.30 bits per heavy atom. The first kappa shape index (κ1) is 17.1. The van der Waals surface area contributed by atoms with E-state index in [1.54, 1.807) is 14.0 Å². The molecule has 0 N–H and O–H groups in total. The monoisotopic (exact) mass is 327 g/mol. The van der Waals surface area contributed by atoms with Crippen molar-refractivity contribution in [2.24, 2.45) is 0 Å². The van der Waals surface area contributed by atoms with E-state index in [1.807, 2.05) is 0 Å². The van der Waals surface area contributed by atoms with Gasteiger partial charge in [0, 0.05) is 25.1 Å². The smallest absolute Gasteiger partial charge is 0.416 e. The van der Waals surface area contributed by atoms with E-state index in [9.17, 15) is 22.8 Å². The first-order chi connectivity index (χ1) is 10.7. The van der Waals surface area contributed by atoms with Gasteiger partial charge in [0.1, 0.15) is 0 Å². The molecule has 124 valence electrons. The van der Waals surface area contributed by atoms with E-state index in [2.05, 4.69) is 0 Å². The molecule has 1 atom stereocenters. The fraction of sp³-hybridized carbons (Fsp3) is 0.375. The van der Waals surface area contributed by atoms with Gasteiger partial charge in [0.05, 0.1) is 18.2 Å². The van der Waals surface area contributed by atoms with Crippen molar-refractivity contribution in [1.29, 1.82) is 0 Å². The SMILES string of the molecule is COC(=O)C1=C(C)N(C)C(=O)CC1c1ccc(C(F)(F)F)cc1. The number of halogens is 3. The fourth-order valence-corrected chi connectivity index (χ4v) is 2.62. The summed E-state index contributed by atoms with van der Waals surface area (Å²) in [5, 5.41) is 0. The number of nitrogens with zero attached hydrogens (tertiary/aromatic N) is 1. The number of amides is 1. The molecule has 0 fully saturated rings. The zero-order chi connectivity index (χ0) is 17.4. The summed E-state index contributed by atoms with van der Waals surface area (Å²) in [5.41, 5.74) is 0.424. The summed E-state index contributed by atoms with van der Waals surface area (Å²) in [4.78, 5) is 25.4. The average molecular weight is 327 g/mol. The van der Waals surface area contributed by atoms with Crippen LogP contribution in [0.4, 0.5) is 13.2 Å². The molecule has 4 nitrogen and oxygen atoms in total. The van der Waals surface area contributed by atoms with Crippen LogP contribution in [0, 0.1) is 0 Å². The summed E-state index contributed by atoms with van der Waals surface area (Å²) in [5.74, 6) is -1.42. The van der Waals surface area contributed by atoms with Gasteiger partial charge in [-0.15, -0.1) is 0 Å². The Balaban J connectivity index is 2.47. The van der Waals surface area contributed by atoms with Crippen LogP contribution in [-0.4, -0.2) is 30.9 Å². The van der Waals surface area contributed by atoms with Crippen LogP contribution < -0.4 is 0 Å². The molecule has 1 aromatic carbocycles. The standard InChI is InChI=1S/C16H16F3NO3/c1-9-14(15(22)23-3)12(8-13(21)20(9)2)10-4-6-11(7-5-10)16(17,18)19/h4-7,12H,8H2,1-3H3. The van der Waals surface area contributed by atoms with Crippen molar-refractivity contribution in [2.45, 2.75) is 25.4 Å². The highest BCUT2D eigenvalue weighted by Gasteiger charge is 2.36. The summed E-state index contributed by atoms with van der Waals surface area (Å²) in [6.07, 6.45) is -4.43. The van der Waals surface area contributed by atoms with Crippen molar-refractivity contribution in [1.82, 2.24) is 4.90 Å². The maximum Gasteiger partial charge on any atom is 0.416 e. The minimum Gasteiger partial charge on any atom is -0.466 e. The normalized spacial score (nSPS) is 19.1. The number of allylic oxidation sites excluding steroid dienone is 1. The predicted molar refractivity (Wildman–Crippen MR) is 76.3 cm³/mol. The van der Waals surface area contributed by atoms with Crippen molar-refractivity contribution in [3.05, 3.63) is 46.7 Å². The topological polar surface area (TPSA) is 46.6 Å². The second-order valence-corrected chi connectivity index (χ2v) is 5.32. The van der Waals surface area contributed by atoms with E-state index >= 15 is 0 Å². The number of benzene rings is 1. The molecule has 0 spiro atoms. The summed E-state index contributed by atoms with van der Waals surface area (Å²) >= 11 is 0. The van der Waals surface area contributed by atoms with Crippen LogP contribution in [0.1, 0.15) is 30.4 Å². The largest absolute Gasteiger partial charge is 0.466 e. The maximum absolute atomic E-state index is 12.7. The fourth-order valence-electron chi connectivity index (χ4n) is 2.62. The molecule has 0 saturated heterocycles.